The maximum absolute atomic E-state index is 11.8. The van der Waals surface area contributed by atoms with Gasteiger partial charge in [-0.1, -0.05) is 32.4 Å². The lowest BCUT2D eigenvalue weighted by molar-refractivity contribution is -0.383. The summed E-state index contributed by atoms with van der Waals surface area (Å²) >= 11 is 5.92. The summed E-state index contributed by atoms with van der Waals surface area (Å²) in [4.78, 5) is 32.6. The topological polar surface area (TPSA) is 114 Å². The van der Waals surface area contributed by atoms with Crippen LogP contribution in [0, 0.1) is 15.5 Å². The van der Waals surface area contributed by atoms with E-state index < -0.39 is 10.3 Å². The van der Waals surface area contributed by atoms with Gasteiger partial charge >= 0.3 is 0 Å². The van der Waals surface area contributed by atoms with Crippen molar-refractivity contribution in [3.63, 3.8) is 0 Å². The zero-order valence-electron chi connectivity index (χ0n) is 11.0. The second-order valence-electron chi connectivity index (χ2n) is 5.20. The number of halogens is 1. The molecule has 2 heterocycles. The standard InChI is InChI=1S/C11H12ClN5O3/c1-11(2,3)9(18)16-10-14-7(12)6-5(17(19)20)4-13-8(6)15-10/h4H,1-3H3,(H2,13,14,15,16,18). The summed E-state index contributed by atoms with van der Waals surface area (Å²) in [7, 11) is 0. The van der Waals surface area contributed by atoms with Crippen LogP contribution in [0.25, 0.3) is 11.0 Å². The Hall–Kier alpha value is -2.22. The zero-order chi connectivity index (χ0) is 15.1. The van der Waals surface area contributed by atoms with E-state index >= 15 is 0 Å². The highest BCUT2D eigenvalue weighted by molar-refractivity contribution is 6.35. The minimum absolute atomic E-state index is 0.000766. The van der Waals surface area contributed by atoms with Crippen molar-refractivity contribution in [2.75, 3.05) is 5.32 Å². The lowest BCUT2D eigenvalue weighted by atomic mass is 9.96. The average molecular weight is 298 g/mol. The number of anilines is 1. The van der Waals surface area contributed by atoms with Crippen LogP contribution in [-0.2, 0) is 4.79 Å². The molecule has 0 bridgehead atoms. The second kappa shape index (κ2) is 4.71. The van der Waals surface area contributed by atoms with Gasteiger partial charge in [0.1, 0.15) is 5.39 Å². The van der Waals surface area contributed by atoms with Gasteiger partial charge in [-0.25, -0.2) is 0 Å². The molecule has 0 aliphatic carbocycles. The monoisotopic (exact) mass is 297 g/mol. The first-order valence-corrected chi connectivity index (χ1v) is 6.08. The molecule has 0 atom stereocenters. The van der Waals surface area contributed by atoms with Gasteiger partial charge < -0.3 is 4.98 Å². The van der Waals surface area contributed by atoms with Crippen LogP contribution < -0.4 is 5.32 Å². The number of carbonyl (C=O) groups is 1. The van der Waals surface area contributed by atoms with E-state index in [4.69, 9.17) is 11.6 Å². The predicted octanol–water partition coefficient (Wildman–Crippen LogP) is 2.50. The molecule has 2 aromatic rings. The van der Waals surface area contributed by atoms with Crippen LogP contribution in [0.15, 0.2) is 6.20 Å². The van der Waals surface area contributed by atoms with Gasteiger partial charge in [0.05, 0.1) is 11.1 Å². The van der Waals surface area contributed by atoms with Crippen molar-refractivity contribution >= 4 is 40.2 Å². The van der Waals surface area contributed by atoms with E-state index in [9.17, 15) is 14.9 Å². The number of nitrogens with zero attached hydrogens (tertiary/aromatic N) is 3. The molecule has 0 saturated heterocycles. The number of H-pyrrole nitrogens is 1. The number of fused-ring (bicyclic) bond motifs is 1. The van der Waals surface area contributed by atoms with Gasteiger partial charge in [-0.05, 0) is 0 Å². The summed E-state index contributed by atoms with van der Waals surface area (Å²) in [5.74, 6) is -0.284. The molecule has 0 unspecified atom stereocenters. The number of carbonyl (C=O) groups excluding carboxylic acids is 1. The smallest absolute Gasteiger partial charge is 0.299 e. The fourth-order valence-corrected chi connectivity index (χ4v) is 1.73. The summed E-state index contributed by atoms with van der Waals surface area (Å²) in [5.41, 5.74) is -0.633. The molecule has 1 amide bonds. The van der Waals surface area contributed by atoms with Crippen molar-refractivity contribution in [1.82, 2.24) is 15.0 Å². The Morgan fingerprint density at radius 3 is 2.65 bits per heavy atom. The average Bonchev–Trinajstić information content (AvgIpc) is 2.71. The number of nitrogens with one attached hydrogen (secondary N) is 2. The van der Waals surface area contributed by atoms with E-state index in [-0.39, 0.29) is 33.7 Å². The van der Waals surface area contributed by atoms with Gasteiger partial charge in [0.15, 0.2) is 10.8 Å². The van der Waals surface area contributed by atoms with Crippen molar-refractivity contribution in [3.8, 4) is 0 Å². The highest BCUT2D eigenvalue weighted by Crippen LogP contribution is 2.30. The number of aromatic nitrogens is 3. The van der Waals surface area contributed by atoms with E-state index in [2.05, 4.69) is 20.3 Å². The van der Waals surface area contributed by atoms with Gasteiger partial charge in [0, 0.05) is 5.41 Å². The SMILES string of the molecule is CC(C)(C)C(=O)Nc1nc(Cl)c2c([N+](=O)[O-])c[nH]c2n1. The Morgan fingerprint density at radius 2 is 2.10 bits per heavy atom. The molecule has 0 saturated carbocycles. The van der Waals surface area contributed by atoms with Crippen LogP contribution in [0.3, 0.4) is 0 Å². The Kier molecular flexibility index (Phi) is 3.34. The van der Waals surface area contributed by atoms with Gasteiger partial charge in [-0.2, -0.15) is 9.97 Å². The van der Waals surface area contributed by atoms with Gasteiger partial charge in [-0.3, -0.25) is 20.2 Å². The summed E-state index contributed by atoms with van der Waals surface area (Å²) in [6, 6.07) is 0. The maximum atomic E-state index is 11.8. The molecule has 0 aliphatic heterocycles. The third-order valence-corrected chi connectivity index (χ3v) is 2.84. The normalized spacial score (nSPS) is 11.6. The first-order valence-electron chi connectivity index (χ1n) is 5.70. The van der Waals surface area contributed by atoms with Gasteiger partial charge in [0.25, 0.3) is 5.69 Å². The minimum atomic E-state index is -0.619. The fraction of sp³-hybridized carbons (Fsp3) is 0.364. The van der Waals surface area contributed by atoms with E-state index in [1.807, 2.05) is 0 Å². The minimum Gasteiger partial charge on any atom is -0.340 e. The number of hydrogen-bond donors (Lipinski definition) is 2. The summed E-state index contributed by atoms with van der Waals surface area (Å²) in [6.07, 6.45) is 1.18. The predicted molar refractivity (Wildman–Crippen MR) is 73.6 cm³/mol. The van der Waals surface area contributed by atoms with Crippen molar-refractivity contribution in [1.29, 1.82) is 0 Å². The highest BCUT2D eigenvalue weighted by atomic mass is 35.5. The van der Waals surface area contributed by atoms with E-state index in [0.29, 0.717) is 0 Å². The Balaban J connectivity index is 2.45. The summed E-state index contributed by atoms with van der Waals surface area (Å²) in [5, 5.41) is 13.4. The maximum Gasteiger partial charge on any atom is 0.299 e. The van der Waals surface area contributed by atoms with Crippen LogP contribution >= 0.6 is 11.6 Å². The molecular formula is C11H12ClN5O3. The molecule has 20 heavy (non-hydrogen) atoms. The summed E-state index contributed by atoms with van der Waals surface area (Å²) in [6.45, 7) is 5.21. The number of amides is 1. The van der Waals surface area contributed by atoms with E-state index in [1.165, 1.54) is 6.20 Å². The van der Waals surface area contributed by atoms with Gasteiger partial charge in [-0.15, -0.1) is 0 Å². The quantitative estimate of drug-likeness (QED) is 0.502. The fourth-order valence-electron chi connectivity index (χ4n) is 1.46. The number of aromatic amines is 1. The molecule has 2 rings (SSSR count). The Labute approximate surface area is 118 Å². The van der Waals surface area contributed by atoms with Crippen LogP contribution in [0.2, 0.25) is 5.15 Å². The molecule has 106 valence electrons. The third kappa shape index (κ3) is 2.55. The largest absolute Gasteiger partial charge is 0.340 e. The Bertz CT molecular complexity index is 704. The number of rotatable bonds is 2. The third-order valence-electron chi connectivity index (χ3n) is 2.57. The second-order valence-corrected chi connectivity index (χ2v) is 5.55. The first kappa shape index (κ1) is 14.2. The van der Waals surface area contributed by atoms with Crippen LogP contribution in [0.4, 0.5) is 11.6 Å². The van der Waals surface area contributed by atoms with E-state index in [0.717, 1.165) is 0 Å². The van der Waals surface area contributed by atoms with Crippen molar-refractivity contribution < 1.29 is 9.72 Å². The molecule has 0 radical (unpaired) electrons. The van der Waals surface area contributed by atoms with Gasteiger partial charge in [0.2, 0.25) is 11.9 Å². The Morgan fingerprint density at radius 1 is 1.45 bits per heavy atom. The zero-order valence-corrected chi connectivity index (χ0v) is 11.8. The lowest BCUT2D eigenvalue weighted by Gasteiger charge is -2.16. The molecule has 0 fully saturated rings. The van der Waals surface area contributed by atoms with E-state index in [1.54, 1.807) is 20.8 Å². The molecule has 0 aromatic carbocycles. The molecule has 9 heteroatoms. The first-order chi connectivity index (χ1) is 9.20. The lowest BCUT2D eigenvalue weighted by Crippen LogP contribution is -2.28. The number of nitro groups is 1. The molecule has 2 N–H and O–H groups in total. The van der Waals surface area contributed by atoms with Crippen LogP contribution in [0.1, 0.15) is 20.8 Å². The molecule has 8 nitrogen and oxygen atoms in total. The molecule has 2 aromatic heterocycles. The number of hydrogen-bond acceptors (Lipinski definition) is 5. The van der Waals surface area contributed by atoms with Crippen molar-refractivity contribution in [2.24, 2.45) is 5.41 Å². The van der Waals surface area contributed by atoms with Crippen molar-refractivity contribution in [3.05, 3.63) is 21.5 Å². The molecular weight excluding hydrogens is 286 g/mol. The van der Waals surface area contributed by atoms with Crippen molar-refractivity contribution in [2.45, 2.75) is 20.8 Å². The molecule has 0 aliphatic rings. The van der Waals surface area contributed by atoms with Crippen LogP contribution in [-0.4, -0.2) is 25.8 Å². The summed E-state index contributed by atoms with van der Waals surface area (Å²) < 4.78 is 0. The molecule has 0 spiro atoms. The van der Waals surface area contributed by atoms with Crippen LogP contribution in [0.5, 0.6) is 0 Å². The highest BCUT2D eigenvalue weighted by Gasteiger charge is 2.24.